The standard InChI is InChI=1S/C16H20O5/c1-3-5-15(17)21-13-9-11(14-6-4-7-20-14)8-12(10-13)16(18)19-2/h4,6-8,12-13H,3,5,9-10H2,1-2H3/t12-,13+/m1/s1. The van der Waals surface area contributed by atoms with E-state index in [0.29, 0.717) is 25.0 Å². The van der Waals surface area contributed by atoms with E-state index in [4.69, 9.17) is 13.9 Å². The maximum absolute atomic E-state index is 11.8. The number of carbonyl (C=O) groups excluding carboxylic acids is 2. The van der Waals surface area contributed by atoms with Crippen LogP contribution in [0.1, 0.15) is 38.4 Å². The predicted molar refractivity (Wildman–Crippen MR) is 76.2 cm³/mol. The van der Waals surface area contributed by atoms with Crippen molar-refractivity contribution >= 4 is 17.5 Å². The average Bonchev–Trinajstić information content (AvgIpc) is 3.00. The smallest absolute Gasteiger partial charge is 0.312 e. The molecule has 1 aromatic heterocycles. The molecule has 0 radical (unpaired) electrons. The van der Waals surface area contributed by atoms with E-state index in [1.54, 1.807) is 12.3 Å². The van der Waals surface area contributed by atoms with Gasteiger partial charge in [0.25, 0.3) is 0 Å². The Labute approximate surface area is 123 Å². The Hall–Kier alpha value is -2.04. The van der Waals surface area contributed by atoms with Crippen LogP contribution in [0.4, 0.5) is 0 Å². The zero-order valence-corrected chi connectivity index (χ0v) is 12.3. The molecule has 5 heteroatoms. The van der Waals surface area contributed by atoms with Crippen LogP contribution in [0.25, 0.3) is 5.57 Å². The normalized spacial score (nSPS) is 21.5. The Morgan fingerprint density at radius 3 is 2.86 bits per heavy atom. The Morgan fingerprint density at radius 2 is 2.24 bits per heavy atom. The largest absolute Gasteiger partial charge is 0.469 e. The van der Waals surface area contributed by atoms with Crippen molar-refractivity contribution < 1.29 is 23.5 Å². The van der Waals surface area contributed by atoms with E-state index < -0.39 is 5.92 Å². The Kier molecular flexibility index (Phi) is 5.20. The summed E-state index contributed by atoms with van der Waals surface area (Å²) in [7, 11) is 1.36. The first-order valence-electron chi connectivity index (χ1n) is 7.16. The van der Waals surface area contributed by atoms with Crippen molar-refractivity contribution in [3.05, 3.63) is 30.2 Å². The predicted octanol–water partition coefficient (Wildman–Crippen LogP) is 2.96. The van der Waals surface area contributed by atoms with Crippen LogP contribution in [0.3, 0.4) is 0 Å². The van der Waals surface area contributed by atoms with Gasteiger partial charge >= 0.3 is 11.9 Å². The molecular weight excluding hydrogens is 272 g/mol. The summed E-state index contributed by atoms with van der Waals surface area (Å²) in [5, 5.41) is 0. The Morgan fingerprint density at radius 1 is 1.43 bits per heavy atom. The number of rotatable bonds is 5. The van der Waals surface area contributed by atoms with Crippen molar-refractivity contribution in [3.8, 4) is 0 Å². The molecule has 5 nitrogen and oxygen atoms in total. The molecule has 2 rings (SSSR count). The summed E-state index contributed by atoms with van der Waals surface area (Å²) in [6.07, 6.45) is 5.23. The molecule has 1 aliphatic rings. The molecule has 114 valence electrons. The SMILES string of the molecule is CCCC(=O)O[C@H]1CC(c2ccco2)=C[C@@H](C(=O)OC)C1. The van der Waals surface area contributed by atoms with Crippen molar-refractivity contribution in [1.29, 1.82) is 0 Å². The van der Waals surface area contributed by atoms with Crippen LogP contribution in [-0.2, 0) is 19.1 Å². The second-order valence-corrected chi connectivity index (χ2v) is 5.10. The number of methoxy groups -OCH3 is 1. The number of hydrogen-bond donors (Lipinski definition) is 0. The fraction of sp³-hybridized carbons (Fsp3) is 0.500. The van der Waals surface area contributed by atoms with Gasteiger partial charge in [-0.05, 0) is 24.1 Å². The van der Waals surface area contributed by atoms with Gasteiger partial charge in [0.15, 0.2) is 0 Å². The molecule has 0 aromatic carbocycles. The number of ether oxygens (including phenoxy) is 2. The minimum atomic E-state index is -0.414. The third-order valence-electron chi connectivity index (χ3n) is 3.46. The number of esters is 2. The third kappa shape index (κ3) is 3.97. The van der Waals surface area contributed by atoms with Gasteiger partial charge in [0.05, 0.1) is 19.3 Å². The van der Waals surface area contributed by atoms with E-state index >= 15 is 0 Å². The summed E-state index contributed by atoms with van der Waals surface area (Å²) in [5.74, 6) is -0.273. The van der Waals surface area contributed by atoms with E-state index in [2.05, 4.69) is 0 Å². The van der Waals surface area contributed by atoms with Crippen molar-refractivity contribution in [2.75, 3.05) is 7.11 Å². The van der Waals surface area contributed by atoms with Gasteiger partial charge in [-0.25, -0.2) is 0 Å². The van der Waals surface area contributed by atoms with Gasteiger partial charge in [-0.3, -0.25) is 9.59 Å². The lowest BCUT2D eigenvalue weighted by Crippen LogP contribution is -2.29. The van der Waals surface area contributed by atoms with E-state index in [1.807, 2.05) is 19.1 Å². The second-order valence-electron chi connectivity index (χ2n) is 5.10. The van der Waals surface area contributed by atoms with Crippen LogP contribution in [0, 0.1) is 5.92 Å². The molecule has 2 atom stereocenters. The average molecular weight is 292 g/mol. The molecule has 0 aliphatic heterocycles. The molecule has 0 bridgehead atoms. The molecule has 0 fully saturated rings. The minimum Gasteiger partial charge on any atom is -0.469 e. The second kappa shape index (κ2) is 7.11. The number of hydrogen-bond acceptors (Lipinski definition) is 5. The monoisotopic (exact) mass is 292 g/mol. The van der Waals surface area contributed by atoms with Gasteiger partial charge in [0, 0.05) is 19.3 Å². The van der Waals surface area contributed by atoms with E-state index in [1.165, 1.54) is 7.11 Å². The highest BCUT2D eigenvalue weighted by molar-refractivity contribution is 5.79. The van der Waals surface area contributed by atoms with Crippen molar-refractivity contribution in [3.63, 3.8) is 0 Å². The quantitative estimate of drug-likeness (QED) is 0.781. The molecule has 0 spiro atoms. The van der Waals surface area contributed by atoms with E-state index in [9.17, 15) is 9.59 Å². The first kappa shape index (κ1) is 15.4. The molecule has 1 aliphatic carbocycles. The Bertz CT molecular complexity index is 515. The molecule has 0 amide bonds. The van der Waals surface area contributed by atoms with Gasteiger partial charge in [0.1, 0.15) is 11.9 Å². The third-order valence-corrected chi connectivity index (χ3v) is 3.46. The topological polar surface area (TPSA) is 65.7 Å². The first-order valence-corrected chi connectivity index (χ1v) is 7.16. The molecule has 21 heavy (non-hydrogen) atoms. The van der Waals surface area contributed by atoms with Crippen LogP contribution in [0.2, 0.25) is 0 Å². The van der Waals surface area contributed by atoms with Crippen molar-refractivity contribution in [2.24, 2.45) is 5.92 Å². The van der Waals surface area contributed by atoms with Gasteiger partial charge in [0.2, 0.25) is 0 Å². The number of carbonyl (C=O) groups is 2. The fourth-order valence-corrected chi connectivity index (χ4v) is 2.49. The van der Waals surface area contributed by atoms with Crippen LogP contribution in [0.5, 0.6) is 0 Å². The molecular formula is C16H20O5. The van der Waals surface area contributed by atoms with Gasteiger partial charge < -0.3 is 13.9 Å². The number of furan rings is 1. The molecule has 0 unspecified atom stereocenters. The maximum Gasteiger partial charge on any atom is 0.312 e. The lowest BCUT2D eigenvalue weighted by atomic mass is 9.87. The van der Waals surface area contributed by atoms with Crippen LogP contribution >= 0.6 is 0 Å². The summed E-state index contributed by atoms with van der Waals surface area (Å²) in [4.78, 5) is 23.5. The van der Waals surface area contributed by atoms with Gasteiger partial charge in [-0.1, -0.05) is 13.0 Å². The van der Waals surface area contributed by atoms with Crippen molar-refractivity contribution in [2.45, 2.75) is 38.7 Å². The lowest BCUT2D eigenvalue weighted by molar-refractivity contribution is -0.153. The van der Waals surface area contributed by atoms with E-state index in [0.717, 1.165) is 12.0 Å². The summed E-state index contributed by atoms with van der Waals surface area (Å²) >= 11 is 0. The van der Waals surface area contributed by atoms with Crippen LogP contribution in [0.15, 0.2) is 28.9 Å². The molecule has 0 saturated carbocycles. The summed E-state index contributed by atoms with van der Waals surface area (Å²) in [5.41, 5.74) is 0.871. The lowest BCUT2D eigenvalue weighted by Gasteiger charge is -2.26. The van der Waals surface area contributed by atoms with Gasteiger partial charge in [-0.15, -0.1) is 0 Å². The maximum atomic E-state index is 11.8. The zero-order valence-electron chi connectivity index (χ0n) is 12.3. The van der Waals surface area contributed by atoms with Gasteiger partial charge in [-0.2, -0.15) is 0 Å². The Balaban J connectivity index is 2.14. The molecule has 0 saturated heterocycles. The first-order chi connectivity index (χ1) is 10.1. The summed E-state index contributed by atoms with van der Waals surface area (Å²) < 4.78 is 15.6. The summed E-state index contributed by atoms with van der Waals surface area (Å²) in [6.45, 7) is 1.92. The highest BCUT2D eigenvalue weighted by Crippen LogP contribution is 2.32. The molecule has 1 aromatic rings. The molecule has 1 heterocycles. The van der Waals surface area contributed by atoms with Crippen LogP contribution < -0.4 is 0 Å². The molecule has 0 N–H and O–H groups in total. The highest BCUT2D eigenvalue weighted by atomic mass is 16.5. The highest BCUT2D eigenvalue weighted by Gasteiger charge is 2.31. The zero-order chi connectivity index (χ0) is 15.2. The summed E-state index contributed by atoms with van der Waals surface area (Å²) in [6, 6.07) is 3.62. The minimum absolute atomic E-state index is 0.230. The van der Waals surface area contributed by atoms with E-state index in [-0.39, 0.29) is 18.0 Å². The van der Waals surface area contributed by atoms with Crippen molar-refractivity contribution in [1.82, 2.24) is 0 Å². The fourth-order valence-electron chi connectivity index (χ4n) is 2.49. The van der Waals surface area contributed by atoms with Crippen LogP contribution in [-0.4, -0.2) is 25.2 Å².